The van der Waals surface area contributed by atoms with Gasteiger partial charge in [-0.15, -0.1) is 0 Å². The standard InChI is InChI=1S/C15H21FO3/c1-9(2)14-11(16)6-10(7-12(14)19-5)15(3,4)8-13(17)18/h6-7,9H,8H2,1-5H3,(H,17,18). The molecule has 0 bridgehead atoms. The second kappa shape index (κ2) is 5.59. The number of ether oxygens (including phenoxy) is 1. The van der Waals surface area contributed by atoms with Crippen molar-refractivity contribution in [2.45, 2.75) is 45.4 Å². The molecule has 0 radical (unpaired) electrons. The Morgan fingerprint density at radius 3 is 2.42 bits per heavy atom. The Labute approximate surface area is 113 Å². The van der Waals surface area contributed by atoms with Crippen molar-refractivity contribution in [2.75, 3.05) is 7.11 Å². The molecule has 0 aromatic heterocycles. The summed E-state index contributed by atoms with van der Waals surface area (Å²) < 4.78 is 19.4. The molecule has 106 valence electrons. The Hall–Kier alpha value is -1.58. The Morgan fingerprint density at radius 1 is 1.42 bits per heavy atom. The minimum absolute atomic E-state index is 0.00610. The van der Waals surface area contributed by atoms with Gasteiger partial charge < -0.3 is 9.84 Å². The highest BCUT2D eigenvalue weighted by Gasteiger charge is 2.27. The van der Waals surface area contributed by atoms with Crippen LogP contribution < -0.4 is 4.74 Å². The Morgan fingerprint density at radius 2 is 2.00 bits per heavy atom. The minimum atomic E-state index is -0.905. The maximum absolute atomic E-state index is 14.2. The molecule has 1 rings (SSSR count). The third-order valence-corrected chi connectivity index (χ3v) is 3.26. The van der Waals surface area contributed by atoms with Gasteiger partial charge in [0.05, 0.1) is 13.5 Å². The summed E-state index contributed by atoms with van der Waals surface area (Å²) in [6, 6.07) is 3.15. The molecular weight excluding hydrogens is 247 g/mol. The fourth-order valence-corrected chi connectivity index (χ4v) is 2.19. The summed E-state index contributed by atoms with van der Waals surface area (Å²) in [7, 11) is 1.49. The summed E-state index contributed by atoms with van der Waals surface area (Å²) in [5, 5.41) is 8.92. The van der Waals surface area contributed by atoms with Gasteiger partial charge in [-0.25, -0.2) is 4.39 Å². The van der Waals surface area contributed by atoms with Crippen LogP contribution in [0.4, 0.5) is 4.39 Å². The molecule has 0 unspecified atom stereocenters. The molecular formula is C15H21FO3. The molecule has 0 aliphatic rings. The van der Waals surface area contributed by atoms with E-state index in [1.807, 2.05) is 13.8 Å². The van der Waals surface area contributed by atoms with Gasteiger partial charge in [-0.1, -0.05) is 27.7 Å². The molecule has 0 fully saturated rings. The highest BCUT2D eigenvalue weighted by atomic mass is 19.1. The first-order valence-electron chi connectivity index (χ1n) is 6.28. The van der Waals surface area contributed by atoms with E-state index in [4.69, 9.17) is 9.84 Å². The molecule has 1 N–H and O–H groups in total. The van der Waals surface area contributed by atoms with Crippen LogP contribution in [0.3, 0.4) is 0 Å². The molecule has 0 heterocycles. The largest absolute Gasteiger partial charge is 0.496 e. The first-order chi connectivity index (χ1) is 8.69. The summed E-state index contributed by atoms with van der Waals surface area (Å²) in [6.07, 6.45) is -0.0589. The van der Waals surface area contributed by atoms with Crippen LogP contribution in [0, 0.1) is 5.82 Å². The van der Waals surface area contributed by atoms with Gasteiger partial charge >= 0.3 is 5.97 Å². The van der Waals surface area contributed by atoms with E-state index >= 15 is 0 Å². The van der Waals surface area contributed by atoms with Gasteiger partial charge in [0.1, 0.15) is 11.6 Å². The van der Waals surface area contributed by atoms with Crippen molar-refractivity contribution in [3.8, 4) is 5.75 Å². The van der Waals surface area contributed by atoms with Gasteiger partial charge in [-0.3, -0.25) is 4.79 Å². The number of carboxylic acids is 1. The van der Waals surface area contributed by atoms with Crippen LogP contribution in [0.1, 0.15) is 51.2 Å². The van der Waals surface area contributed by atoms with E-state index in [0.29, 0.717) is 16.9 Å². The quantitative estimate of drug-likeness (QED) is 0.885. The highest BCUT2D eigenvalue weighted by Crippen LogP contribution is 2.36. The highest BCUT2D eigenvalue weighted by molar-refractivity contribution is 5.69. The molecule has 0 spiro atoms. The lowest BCUT2D eigenvalue weighted by Gasteiger charge is -2.25. The normalized spacial score (nSPS) is 11.7. The lowest BCUT2D eigenvalue weighted by molar-refractivity contribution is -0.138. The molecule has 3 nitrogen and oxygen atoms in total. The second-order valence-corrected chi connectivity index (χ2v) is 5.68. The van der Waals surface area contributed by atoms with Crippen LogP contribution in [-0.4, -0.2) is 18.2 Å². The number of hydrogen-bond acceptors (Lipinski definition) is 2. The van der Waals surface area contributed by atoms with Gasteiger partial charge in [0.25, 0.3) is 0 Å². The number of hydrogen-bond donors (Lipinski definition) is 1. The second-order valence-electron chi connectivity index (χ2n) is 5.68. The third-order valence-electron chi connectivity index (χ3n) is 3.26. The average molecular weight is 268 g/mol. The van der Waals surface area contributed by atoms with Crippen molar-refractivity contribution in [3.05, 3.63) is 29.1 Å². The number of methoxy groups -OCH3 is 1. The van der Waals surface area contributed by atoms with Crippen molar-refractivity contribution >= 4 is 5.97 Å². The number of carbonyl (C=O) groups is 1. The lowest BCUT2D eigenvalue weighted by atomic mass is 9.80. The topological polar surface area (TPSA) is 46.5 Å². The summed E-state index contributed by atoms with van der Waals surface area (Å²) in [4.78, 5) is 10.9. The van der Waals surface area contributed by atoms with E-state index in [1.165, 1.54) is 13.2 Å². The summed E-state index contributed by atoms with van der Waals surface area (Å²) >= 11 is 0. The summed E-state index contributed by atoms with van der Waals surface area (Å²) in [5.41, 5.74) is 0.515. The molecule has 19 heavy (non-hydrogen) atoms. The summed E-state index contributed by atoms with van der Waals surface area (Å²) in [6.45, 7) is 7.35. The van der Waals surface area contributed by atoms with E-state index < -0.39 is 11.4 Å². The third kappa shape index (κ3) is 3.46. The molecule has 0 aliphatic carbocycles. The van der Waals surface area contributed by atoms with Crippen LogP contribution >= 0.6 is 0 Å². The molecule has 0 amide bonds. The van der Waals surface area contributed by atoms with Crippen LogP contribution in [0.5, 0.6) is 5.75 Å². The maximum atomic E-state index is 14.2. The van der Waals surface area contributed by atoms with Crippen LogP contribution in [0.15, 0.2) is 12.1 Å². The number of rotatable bonds is 5. The van der Waals surface area contributed by atoms with Gasteiger partial charge in [0.15, 0.2) is 0 Å². The van der Waals surface area contributed by atoms with Gasteiger partial charge in [-0.05, 0) is 23.6 Å². The van der Waals surface area contributed by atoms with Crippen LogP contribution in [0.25, 0.3) is 0 Å². The lowest BCUT2D eigenvalue weighted by Crippen LogP contribution is -2.22. The molecule has 0 atom stereocenters. The van der Waals surface area contributed by atoms with Gasteiger partial charge in [0.2, 0.25) is 0 Å². The van der Waals surface area contributed by atoms with Gasteiger partial charge in [-0.2, -0.15) is 0 Å². The first kappa shape index (κ1) is 15.5. The van der Waals surface area contributed by atoms with Crippen molar-refractivity contribution in [1.29, 1.82) is 0 Å². The fraction of sp³-hybridized carbons (Fsp3) is 0.533. The van der Waals surface area contributed by atoms with E-state index in [0.717, 1.165) is 0 Å². The van der Waals surface area contributed by atoms with Gasteiger partial charge in [0, 0.05) is 11.0 Å². The summed E-state index contributed by atoms with van der Waals surface area (Å²) in [5.74, 6) is -0.768. The van der Waals surface area contributed by atoms with E-state index in [2.05, 4.69) is 0 Å². The van der Waals surface area contributed by atoms with Crippen molar-refractivity contribution in [1.82, 2.24) is 0 Å². The molecule has 1 aromatic carbocycles. The monoisotopic (exact) mass is 268 g/mol. The van der Waals surface area contributed by atoms with Crippen LogP contribution in [-0.2, 0) is 10.2 Å². The Bertz CT molecular complexity index is 479. The number of aliphatic carboxylic acids is 1. The predicted octanol–water partition coefficient (Wildman–Crippen LogP) is 3.71. The minimum Gasteiger partial charge on any atom is -0.496 e. The van der Waals surface area contributed by atoms with E-state index in [9.17, 15) is 9.18 Å². The molecule has 0 aliphatic heterocycles. The van der Waals surface area contributed by atoms with E-state index in [-0.39, 0.29) is 18.2 Å². The zero-order chi connectivity index (χ0) is 14.8. The molecule has 1 aromatic rings. The van der Waals surface area contributed by atoms with E-state index in [1.54, 1.807) is 19.9 Å². The Kier molecular flexibility index (Phi) is 4.56. The SMILES string of the molecule is COc1cc(C(C)(C)CC(=O)O)cc(F)c1C(C)C. The first-order valence-corrected chi connectivity index (χ1v) is 6.28. The van der Waals surface area contributed by atoms with Crippen molar-refractivity contribution in [2.24, 2.45) is 0 Å². The zero-order valence-electron chi connectivity index (χ0n) is 12.1. The fourth-order valence-electron chi connectivity index (χ4n) is 2.19. The average Bonchev–Trinajstić information content (AvgIpc) is 2.25. The number of carboxylic acid groups (broad SMARTS) is 1. The number of benzene rings is 1. The smallest absolute Gasteiger partial charge is 0.304 e. The number of halogens is 1. The maximum Gasteiger partial charge on any atom is 0.304 e. The van der Waals surface area contributed by atoms with Crippen molar-refractivity contribution < 1.29 is 19.0 Å². The predicted molar refractivity (Wildman–Crippen MR) is 72.3 cm³/mol. The van der Waals surface area contributed by atoms with Crippen LogP contribution in [0.2, 0.25) is 0 Å². The van der Waals surface area contributed by atoms with Crippen molar-refractivity contribution in [3.63, 3.8) is 0 Å². The zero-order valence-corrected chi connectivity index (χ0v) is 12.1. The molecule has 0 saturated heterocycles. The molecule has 0 saturated carbocycles. The Balaban J connectivity index is 3.33. The molecule has 4 heteroatoms.